The lowest BCUT2D eigenvalue weighted by Gasteiger charge is -2.69. The Morgan fingerprint density at radius 1 is 1.31 bits per heavy atom. The fourth-order valence-corrected chi connectivity index (χ4v) is 5.17. The van der Waals surface area contributed by atoms with Crippen LogP contribution in [-0.4, -0.2) is 10.7 Å². The minimum absolute atomic E-state index is 0.0910. The summed E-state index contributed by atoms with van der Waals surface area (Å²) in [6, 6.07) is 0. The smallest absolute Gasteiger partial charge is 0.0794 e. The van der Waals surface area contributed by atoms with Crippen molar-refractivity contribution >= 4 is 0 Å². The number of hydrogen-bond donors (Lipinski definition) is 1. The van der Waals surface area contributed by atoms with Gasteiger partial charge in [-0.1, -0.05) is 32.4 Å². The number of hydrogen-bond acceptors (Lipinski definition) is 1. The first-order chi connectivity index (χ1) is 7.33. The highest BCUT2D eigenvalue weighted by atomic mass is 16.3. The Balaban J connectivity index is 2.20. The highest BCUT2D eigenvalue weighted by Gasteiger charge is 2.68. The van der Waals surface area contributed by atoms with Gasteiger partial charge in [0, 0.05) is 5.41 Å². The van der Waals surface area contributed by atoms with Gasteiger partial charge < -0.3 is 5.11 Å². The number of allylic oxidation sites excluding steroid dienone is 1. The average molecular weight is 220 g/mol. The van der Waals surface area contributed by atoms with Crippen LogP contribution in [0.1, 0.15) is 53.4 Å². The van der Waals surface area contributed by atoms with Crippen LogP contribution in [0.5, 0.6) is 0 Å². The van der Waals surface area contributed by atoms with E-state index in [0.717, 1.165) is 6.42 Å². The summed E-state index contributed by atoms with van der Waals surface area (Å²) in [4.78, 5) is 0. The van der Waals surface area contributed by atoms with Crippen LogP contribution in [0.2, 0.25) is 0 Å². The first-order valence-electron chi connectivity index (χ1n) is 6.72. The van der Waals surface area contributed by atoms with Gasteiger partial charge in [-0.25, -0.2) is 0 Å². The van der Waals surface area contributed by atoms with Gasteiger partial charge in [0.05, 0.1) is 5.60 Å². The lowest BCUT2D eigenvalue weighted by molar-refractivity contribution is -0.259. The zero-order chi connectivity index (χ0) is 11.8. The molecule has 3 saturated carbocycles. The molecule has 0 aromatic rings. The molecule has 4 aliphatic rings. The van der Waals surface area contributed by atoms with Gasteiger partial charge in [0.25, 0.3) is 0 Å². The summed E-state index contributed by atoms with van der Waals surface area (Å²) in [7, 11) is 0. The van der Waals surface area contributed by atoms with Crippen molar-refractivity contribution in [1.82, 2.24) is 0 Å². The van der Waals surface area contributed by atoms with Crippen LogP contribution in [0.4, 0.5) is 0 Å². The quantitative estimate of drug-likeness (QED) is 0.619. The minimum Gasteiger partial charge on any atom is -0.388 e. The van der Waals surface area contributed by atoms with E-state index in [0.29, 0.717) is 11.8 Å². The van der Waals surface area contributed by atoms with Crippen LogP contribution < -0.4 is 0 Å². The molecule has 4 rings (SSSR count). The van der Waals surface area contributed by atoms with Crippen LogP contribution in [0.15, 0.2) is 11.6 Å². The third-order valence-electron chi connectivity index (χ3n) is 6.60. The highest BCUT2D eigenvalue weighted by Crippen LogP contribution is 2.70. The van der Waals surface area contributed by atoms with Gasteiger partial charge in [0.2, 0.25) is 0 Å². The van der Waals surface area contributed by atoms with Crippen LogP contribution in [0.3, 0.4) is 0 Å². The maximum atomic E-state index is 11.3. The van der Waals surface area contributed by atoms with E-state index in [1.807, 2.05) is 0 Å². The Labute approximate surface area is 98.9 Å². The molecule has 0 aromatic carbocycles. The normalized spacial score (nSPS) is 53.7. The Morgan fingerprint density at radius 2 is 2.00 bits per heavy atom. The number of aliphatic hydroxyl groups is 1. The van der Waals surface area contributed by atoms with Crippen molar-refractivity contribution in [3.8, 4) is 0 Å². The molecule has 0 aromatic heterocycles. The molecule has 4 unspecified atom stereocenters. The van der Waals surface area contributed by atoms with Crippen LogP contribution in [-0.2, 0) is 0 Å². The topological polar surface area (TPSA) is 20.2 Å². The molecule has 1 nitrogen and oxygen atoms in total. The second kappa shape index (κ2) is 2.75. The Morgan fingerprint density at radius 3 is 2.69 bits per heavy atom. The molecular weight excluding hydrogens is 196 g/mol. The summed E-state index contributed by atoms with van der Waals surface area (Å²) >= 11 is 0. The zero-order valence-corrected chi connectivity index (χ0v) is 11.0. The van der Waals surface area contributed by atoms with Crippen molar-refractivity contribution < 1.29 is 5.11 Å². The summed E-state index contributed by atoms with van der Waals surface area (Å²) in [5.41, 5.74) is 1.29. The lowest BCUT2D eigenvalue weighted by Crippen LogP contribution is -2.69. The standard InChI is InChI=1S/C15H24O/c1-10-5-8-15(16)13(2,3)11-6-7-14(15,4)12(10)9-11/h5,11-12,16H,6-9H2,1-4H3. The van der Waals surface area contributed by atoms with Crippen LogP contribution in [0.25, 0.3) is 0 Å². The van der Waals surface area contributed by atoms with Crippen molar-refractivity contribution in [3.63, 3.8) is 0 Å². The first-order valence-corrected chi connectivity index (χ1v) is 6.72. The van der Waals surface area contributed by atoms with Gasteiger partial charge >= 0.3 is 0 Å². The molecule has 0 heterocycles. The summed E-state index contributed by atoms with van der Waals surface area (Å²) < 4.78 is 0. The molecule has 4 atom stereocenters. The molecule has 0 radical (unpaired) electrons. The Hall–Kier alpha value is -0.300. The van der Waals surface area contributed by atoms with E-state index in [1.165, 1.54) is 24.8 Å². The molecular formula is C15H24O. The van der Waals surface area contributed by atoms with E-state index in [4.69, 9.17) is 0 Å². The minimum atomic E-state index is -0.467. The van der Waals surface area contributed by atoms with Crippen molar-refractivity contribution in [1.29, 1.82) is 0 Å². The molecule has 16 heavy (non-hydrogen) atoms. The van der Waals surface area contributed by atoms with E-state index < -0.39 is 5.60 Å². The predicted octanol–water partition coefficient (Wildman–Crippen LogP) is 3.53. The Bertz CT molecular complexity index is 368. The summed E-state index contributed by atoms with van der Waals surface area (Å²) in [6.45, 7) is 9.19. The number of fused-ring (bicyclic) bond motifs is 1. The predicted molar refractivity (Wildman–Crippen MR) is 66.0 cm³/mol. The summed E-state index contributed by atoms with van der Waals surface area (Å²) in [5.74, 6) is 1.35. The Kier molecular flexibility index (Phi) is 1.86. The molecule has 90 valence electrons. The number of rotatable bonds is 0. The first kappa shape index (κ1) is 10.8. The lowest BCUT2D eigenvalue weighted by atomic mass is 9.37. The maximum absolute atomic E-state index is 11.3. The molecule has 0 aliphatic heterocycles. The monoisotopic (exact) mass is 220 g/mol. The van der Waals surface area contributed by atoms with Crippen LogP contribution >= 0.6 is 0 Å². The third kappa shape index (κ3) is 0.895. The van der Waals surface area contributed by atoms with E-state index in [-0.39, 0.29) is 10.8 Å². The molecule has 0 spiro atoms. The van der Waals surface area contributed by atoms with Gasteiger partial charge in [-0.15, -0.1) is 0 Å². The van der Waals surface area contributed by atoms with Gasteiger partial charge in [-0.3, -0.25) is 0 Å². The van der Waals surface area contributed by atoms with Gasteiger partial charge in [-0.2, -0.15) is 0 Å². The van der Waals surface area contributed by atoms with E-state index in [1.54, 1.807) is 0 Å². The average Bonchev–Trinajstić information content (AvgIpc) is 2.22. The van der Waals surface area contributed by atoms with Crippen molar-refractivity contribution in [2.75, 3.05) is 0 Å². The van der Waals surface area contributed by atoms with Crippen molar-refractivity contribution in [3.05, 3.63) is 11.6 Å². The molecule has 1 heteroatoms. The summed E-state index contributed by atoms with van der Waals surface area (Å²) in [6.07, 6.45) is 7.00. The van der Waals surface area contributed by atoms with E-state index in [9.17, 15) is 5.11 Å². The zero-order valence-electron chi connectivity index (χ0n) is 11.0. The van der Waals surface area contributed by atoms with Gasteiger partial charge in [0.15, 0.2) is 0 Å². The highest BCUT2D eigenvalue weighted by molar-refractivity contribution is 5.29. The van der Waals surface area contributed by atoms with Gasteiger partial charge in [-0.05, 0) is 49.9 Å². The largest absolute Gasteiger partial charge is 0.388 e. The molecule has 3 fully saturated rings. The van der Waals surface area contributed by atoms with E-state index >= 15 is 0 Å². The fraction of sp³-hybridized carbons (Fsp3) is 0.867. The fourth-order valence-electron chi connectivity index (χ4n) is 5.17. The SMILES string of the molecule is CC1=CCC2(O)C(C)(C)C3CCC2(C)C1C3. The van der Waals surface area contributed by atoms with E-state index in [2.05, 4.69) is 33.8 Å². The maximum Gasteiger partial charge on any atom is 0.0794 e. The molecule has 0 amide bonds. The second-order valence-corrected chi connectivity index (χ2v) is 7.18. The summed E-state index contributed by atoms with van der Waals surface area (Å²) in [5, 5.41) is 11.3. The molecule has 1 N–H and O–H groups in total. The van der Waals surface area contributed by atoms with Crippen molar-refractivity contribution in [2.45, 2.75) is 59.0 Å². The second-order valence-electron chi connectivity index (χ2n) is 7.18. The van der Waals surface area contributed by atoms with Gasteiger partial charge in [0.1, 0.15) is 0 Å². The molecule has 0 saturated heterocycles. The van der Waals surface area contributed by atoms with Crippen molar-refractivity contribution in [2.24, 2.45) is 22.7 Å². The third-order valence-corrected chi connectivity index (χ3v) is 6.60. The molecule has 4 bridgehead atoms. The van der Waals surface area contributed by atoms with Crippen LogP contribution in [0, 0.1) is 22.7 Å². The molecule has 4 aliphatic carbocycles.